The molecule has 0 N–H and O–H groups in total. The average Bonchev–Trinajstić information content (AvgIpc) is 2.27. The third-order valence-corrected chi connectivity index (χ3v) is 3.74. The highest BCUT2D eigenvalue weighted by atomic mass is 35.5. The summed E-state index contributed by atoms with van der Waals surface area (Å²) < 4.78 is 15.1. The normalized spacial score (nSPS) is 14.4. The molecule has 2 atom stereocenters. The third-order valence-electron chi connectivity index (χ3n) is 1.89. The minimum absolute atomic E-state index is 0.398. The Hall–Kier alpha value is -0.710. The molecule has 0 aliphatic rings. The first-order valence-corrected chi connectivity index (χ1v) is 6.26. The SMILES string of the molecule is COC(=O)c1ccc(C(Cl)[S+](C)[O-])cc1. The topological polar surface area (TPSA) is 49.4 Å². The molecule has 1 aromatic carbocycles. The molecule has 3 nitrogen and oxygen atoms in total. The molecule has 15 heavy (non-hydrogen) atoms. The number of hydrogen-bond acceptors (Lipinski definition) is 3. The Morgan fingerprint density at radius 3 is 2.40 bits per heavy atom. The Morgan fingerprint density at radius 2 is 2.00 bits per heavy atom. The van der Waals surface area contributed by atoms with Gasteiger partial charge in [0.1, 0.15) is 0 Å². The molecule has 1 aromatic rings. The molecule has 2 unspecified atom stereocenters. The molecule has 0 fully saturated rings. The van der Waals surface area contributed by atoms with E-state index >= 15 is 0 Å². The monoisotopic (exact) mass is 246 g/mol. The molecule has 0 saturated heterocycles. The van der Waals surface area contributed by atoms with Crippen molar-refractivity contribution in [2.24, 2.45) is 0 Å². The molecule has 0 saturated carbocycles. The van der Waals surface area contributed by atoms with Crippen LogP contribution in [0.3, 0.4) is 0 Å². The molecular formula is C10H11ClO3S. The van der Waals surface area contributed by atoms with Gasteiger partial charge in [-0.05, 0) is 23.3 Å². The van der Waals surface area contributed by atoms with Gasteiger partial charge in [0.15, 0.2) is 0 Å². The molecule has 82 valence electrons. The summed E-state index contributed by atoms with van der Waals surface area (Å²) in [7, 11) is 1.32. The van der Waals surface area contributed by atoms with Crippen LogP contribution in [0.4, 0.5) is 0 Å². The second-order valence-electron chi connectivity index (χ2n) is 2.93. The van der Waals surface area contributed by atoms with Crippen molar-refractivity contribution in [3.8, 4) is 0 Å². The van der Waals surface area contributed by atoms with E-state index in [1.165, 1.54) is 13.4 Å². The van der Waals surface area contributed by atoms with Crippen LogP contribution in [0.15, 0.2) is 24.3 Å². The first kappa shape index (κ1) is 12.4. The minimum atomic E-state index is -1.13. The zero-order valence-electron chi connectivity index (χ0n) is 8.40. The van der Waals surface area contributed by atoms with Crippen molar-refractivity contribution in [3.63, 3.8) is 0 Å². The highest BCUT2D eigenvalue weighted by Gasteiger charge is 2.17. The summed E-state index contributed by atoms with van der Waals surface area (Å²) in [5.41, 5.74) is 1.18. The van der Waals surface area contributed by atoms with Crippen molar-refractivity contribution >= 4 is 28.7 Å². The van der Waals surface area contributed by atoms with Crippen LogP contribution in [0.2, 0.25) is 0 Å². The van der Waals surface area contributed by atoms with E-state index in [2.05, 4.69) is 4.74 Å². The van der Waals surface area contributed by atoms with Gasteiger partial charge in [0, 0.05) is 5.56 Å². The molecule has 0 aliphatic heterocycles. The van der Waals surface area contributed by atoms with Crippen LogP contribution < -0.4 is 0 Å². The van der Waals surface area contributed by atoms with E-state index in [0.717, 1.165) is 5.56 Å². The lowest BCUT2D eigenvalue weighted by atomic mass is 10.1. The van der Waals surface area contributed by atoms with Gasteiger partial charge in [-0.1, -0.05) is 23.7 Å². The van der Waals surface area contributed by atoms with E-state index < -0.39 is 21.9 Å². The zero-order valence-corrected chi connectivity index (χ0v) is 9.97. The number of halogens is 1. The van der Waals surface area contributed by atoms with Gasteiger partial charge in [0.25, 0.3) is 0 Å². The molecule has 0 heterocycles. The van der Waals surface area contributed by atoms with Crippen molar-refractivity contribution in [2.45, 2.75) is 4.71 Å². The van der Waals surface area contributed by atoms with E-state index in [9.17, 15) is 9.35 Å². The Labute approximate surface area is 96.6 Å². The standard InChI is InChI=1S/C10H11ClO3S/c1-14-10(12)8-5-3-7(4-6-8)9(11)15(2)13/h3-6,9H,1-2H3. The van der Waals surface area contributed by atoms with Crippen LogP contribution in [0.5, 0.6) is 0 Å². The maximum absolute atomic E-state index is 11.1. The summed E-state index contributed by atoms with van der Waals surface area (Å²) in [5.74, 6) is -0.398. The first-order valence-electron chi connectivity index (χ1n) is 4.21. The zero-order chi connectivity index (χ0) is 11.4. The highest BCUT2D eigenvalue weighted by Crippen LogP contribution is 2.25. The number of carbonyl (C=O) groups is 1. The molecule has 0 aromatic heterocycles. The van der Waals surface area contributed by atoms with E-state index in [4.69, 9.17) is 11.6 Å². The molecule has 0 aliphatic carbocycles. The summed E-state index contributed by atoms with van der Waals surface area (Å²) in [6.45, 7) is 0. The fourth-order valence-electron chi connectivity index (χ4n) is 1.08. The van der Waals surface area contributed by atoms with Crippen molar-refractivity contribution in [1.29, 1.82) is 0 Å². The van der Waals surface area contributed by atoms with Crippen molar-refractivity contribution in [2.75, 3.05) is 13.4 Å². The van der Waals surface area contributed by atoms with Crippen molar-refractivity contribution in [3.05, 3.63) is 35.4 Å². The van der Waals surface area contributed by atoms with Crippen LogP contribution in [-0.2, 0) is 15.9 Å². The van der Waals surface area contributed by atoms with Gasteiger partial charge in [-0.25, -0.2) is 4.79 Å². The Morgan fingerprint density at radius 1 is 1.47 bits per heavy atom. The summed E-state index contributed by atoms with van der Waals surface area (Å²) in [6, 6.07) is 6.55. The van der Waals surface area contributed by atoms with Crippen LogP contribution in [-0.4, -0.2) is 23.9 Å². The minimum Gasteiger partial charge on any atom is -0.615 e. The predicted octanol–water partition coefficient (Wildman–Crippen LogP) is 2.09. The van der Waals surface area contributed by atoms with Gasteiger partial charge >= 0.3 is 5.97 Å². The largest absolute Gasteiger partial charge is 0.615 e. The quantitative estimate of drug-likeness (QED) is 0.466. The van der Waals surface area contributed by atoms with E-state index in [1.807, 2.05) is 0 Å². The van der Waals surface area contributed by atoms with Gasteiger partial charge < -0.3 is 9.29 Å². The highest BCUT2D eigenvalue weighted by molar-refractivity contribution is 7.92. The van der Waals surface area contributed by atoms with E-state index in [-0.39, 0.29) is 0 Å². The molecule has 5 heteroatoms. The van der Waals surface area contributed by atoms with E-state index in [0.29, 0.717) is 5.56 Å². The lowest BCUT2D eigenvalue weighted by molar-refractivity contribution is 0.0600. The Kier molecular flexibility index (Phi) is 4.45. The van der Waals surface area contributed by atoms with Gasteiger partial charge in [-0.2, -0.15) is 0 Å². The second-order valence-corrected chi connectivity index (χ2v) is 5.09. The van der Waals surface area contributed by atoms with Crippen molar-refractivity contribution in [1.82, 2.24) is 0 Å². The average molecular weight is 247 g/mol. The lowest BCUT2D eigenvalue weighted by Gasteiger charge is -2.12. The number of rotatable bonds is 3. The summed E-state index contributed by atoms with van der Waals surface area (Å²) >= 11 is 4.76. The molecule has 0 radical (unpaired) electrons. The number of benzene rings is 1. The van der Waals surface area contributed by atoms with Crippen LogP contribution in [0.1, 0.15) is 20.6 Å². The third kappa shape index (κ3) is 3.12. The Bertz CT molecular complexity index is 337. The lowest BCUT2D eigenvalue weighted by Crippen LogP contribution is -2.06. The number of hydrogen-bond donors (Lipinski definition) is 0. The van der Waals surface area contributed by atoms with Gasteiger partial charge in [0.2, 0.25) is 4.71 Å². The van der Waals surface area contributed by atoms with Crippen LogP contribution >= 0.6 is 11.6 Å². The molecule has 1 rings (SSSR count). The Balaban J connectivity index is 2.85. The number of alkyl halides is 1. The molecular weight excluding hydrogens is 236 g/mol. The summed E-state index contributed by atoms with van der Waals surface area (Å²) in [4.78, 5) is 11.1. The molecule has 0 spiro atoms. The number of methoxy groups -OCH3 is 1. The second kappa shape index (κ2) is 5.39. The van der Waals surface area contributed by atoms with Gasteiger partial charge in [0.05, 0.1) is 18.9 Å². The van der Waals surface area contributed by atoms with Crippen LogP contribution in [0, 0.1) is 0 Å². The maximum Gasteiger partial charge on any atom is 0.337 e. The molecule has 0 bridgehead atoms. The van der Waals surface area contributed by atoms with Crippen LogP contribution in [0.25, 0.3) is 0 Å². The van der Waals surface area contributed by atoms with Crippen molar-refractivity contribution < 1.29 is 14.1 Å². The van der Waals surface area contributed by atoms with Gasteiger partial charge in [-0.3, -0.25) is 0 Å². The summed E-state index contributed by atoms with van der Waals surface area (Å²) in [5, 5.41) is 0. The fourth-order valence-corrected chi connectivity index (χ4v) is 1.77. The maximum atomic E-state index is 11.1. The van der Waals surface area contributed by atoms with E-state index in [1.54, 1.807) is 24.3 Å². The first-order chi connectivity index (χ1) is 7.06. The number of ether oxygens (including phenoxy) is 1. The predicted molar refractivity (Wildman–Crippen MR) is 60.4 cm³/mol. The summed E-state index contributed by atoms with van der Waals surface area (Å²) in [6.07, 6.45) is 1.53. The fraction of sp³-hybridized carbons (Fsp3) is 0.300. The number of carbonyl (C=O) groups excluding carboxylic acids is 1. The number of esters is 1. The smallest absolute Gasteiger partial charge is 0.337 e. The molecule has 0 amide bonds. The van der Waals surface area contributed by atoms with Gasteiger partial charge in [-0.15, -0.1) is 0 Å².